The summed E-state index contributed by atoms with van der Waals surface area (Å²) in [6.07, 6.45) is 5.65. The lowest BCUT2D eigenvalue weighted by Crippen LogP contribution is -2.22. The Labute approximate surface area is 114 Å². The Kier molecular flexibility index (Phi) is 4.45. The molecular weight excluding hydrogens is 266 g/mol. The van der Waals surface area contributed by atoms with Crippen LogP contribution in [0.2, 0.25) is 0 Å². The van der Waals surface area contributed by atoms with Gasteiger partial charge in [-0.25, -0.2) is 8.42 Å². The minimum atomic E-state index is -2.88. The van der Waals surface area contributed by atoms with E-state index in [1.54, 1.807) is 0 Å². The average Bonchev–Trinajstić information content (AvgIpc) is 2.82. The highest BCUT2D eigenvalue weighted by Gasteiger charge is 2.20. The Balaban J connectivity index is 2.08. The number of hydrogen-bond acceptors (Lipinski definition) is 4. The Morgan fingerprint density at radius 3 is 2.83 bits per heavy atom. The molecule has 1 aromatic rings. The summed E-state index contributed by atoms with van der Waals surface area (Å²) in [5, 5.41) is 3.41. The summed E-state index contributed by atoms with van der Waals surface area (Å²) in [5.41, 5.74) is 1.48. The van der Waals surface area contributed by atoms with E-state index in [4.69, 9.17) is 0 Å². The SMILES string of the molecule is CCNC(CCS(C)(=O)=O)c1cc2c(s1)CCC2. The number of nitrogens with one attached hydrogen (secondary N) is 1. The van der Waals surface area contributed by atoms with Crippen LogP contribution in [0.4, 0.5) is 0 Å². The van der Waals surface area contributed by atoms with Crippen LogP contribution in [0.3, 0.4) is 0 Å². The predicted octanol–water partition coefficient (Wildman–Crippen LogP) is 2.32. The van der Waals surface area contributed by atoms with Crippen molar-refractivity contribution in [1.82, 2.24) is 5.32 Å². The quantitative estimate of drug-likeness (QED) is 0.873. The molecule has 0 saturated carbocycles. The lowest BCUT2D eigenvalue weighted by atomic mass is 10.1. The van der Waals surface area contributed by atoms with Crippen molar-refractivity contribution in [3.63, 3.8) is 0 Å². The van der Waals surface area contributed by atoms with Crippen molar-refractivity contribution in [2.45, 2.75) is 38.6 Å². The molecule has 0 amide bonds. The van der Waals surface area contributed by atoms with Gasteiger partial charge in [0.25, 0.3) is 0 Å². The minimum absolute atomic E-state index is 0.195. The molecule has 1 unspecified atom stereocenters. The third-order valence-electron chi connectivity index (χ3n) is 3.34. The third kappa shape index (κ3) is 3.56. The van der Waals surface area contributed by atoms with E-state index in [1.807, 2.05) is 11.3 Å². The van der Waals surface area contributed by atoms with Crippen LogP contribution in [0.15, 0.2) is 6.07 Å². The van der Waals surface area contributed by atoms with E-state index in [0.29, 0.717) is 6.42 Å². The molecule has 0 fully saturated rings. The molecule has 0 radical (unpaired) electrons. The number of hydrogen-bond donors (Lipinski definition) is 1. The Morgan fingerprint density at radius 1 is 1.44 bits per heavy atom. The molecule has 18 heavy (non-hydrogen) atoms. The Bertz CT molecular complexity index is 484. The van der Waals surface area contributed by atoms with Crippen molar-refractivity contribution in [3.05, 3.63) is 21.4 Å². The normalized spacial score (nSPS) is 16.8. The first-order valence-corrected chi connectivity index (χ1v) is 9.40. The van der Waals surface area contributed by atoms with E-state index >= 15 is 0 Å². The summed E-state index contributed by atoms with van der Waals surface area (Å²) in [4.78, 5) is 2.82. The van der Waals surface area contributed by atoms with Crippen LogP contribution >= 0.6 is 11.3 Å². The van der Waals surface area contributed by atoms with Crippen LogP contribution in [-0.2, 0) is 22.7 Å². The number of rotatable bonds is 6. The van der Waals surface area contributed by atoms with Crippen LogP contribution in [0.5, 0.6) is 0 Å². The molecule has 1 atom stereocenters. The highest BCUT2D eigenvalue weighted by Crippen LogP contribution is 2.34. The zero-order valence-corrected chi connectivity index (χ0v) is 12.7. The van der Waals surface area contributed by atoms with E-state index < -0.39 is 9.84 Å². The predicted molar refractivity (Wildman–Crippen MR) is 77.1 cm³/mol. The summed E-state index contributed by atoms with van der Waals surface area (Å²) in [6, 6.07) is 2.48. The van der Waals surface area contributed by atoms with Gasteiger partial charge in [-0.15, -0.1) is 11.3 Å². The molecule has 2 rings (SSSR count). The average molecular weight is 287 g/mol. The standard InChI is InChI=1S/C13H21NO2S2/c1-3-14-11(7-8-18(2,15)16)13-9-10-5-4-6-12(10)17-13/h9,11,14H,3-8H2,1-2H3. The third-order valence-corrected chi connectivity index (χ3v) is 5.67. The van der Waals surface area contributed by atoms with Gasteiger partial charge in [0.15, 0.2) is 0 Å². The molecule has 1 aromatic heterocycles. The first kappa shape index (κ1) is 14.0. The van der Waals surface area contributed by atoms with Gasteiger partial charge in [-0.1, -0.05) is 6.92 Å². The largest absolute Gasteiger partial charge is 0.309 e. The van der Waals surface area contributed by atoms with Crippen LogP contribution in [0.25, 0.3) is 0 Å². The summed E-state index contributed by atoms with van der Waals surface area (Å²) < 4.78 is 22.6. The van der Waals surface area contributed by atoms with Crippen LogP contribution in [-0.4, -0.2) is 27.0 Å². The molecule has 1 heterocycles. The van der Waals surface area contributed by atoms with Crippen LogP contribution in [0.1, 0.15) is 41.1 Å². The fourth-order valence-corrected chi connectivity index (χ4v) is 4.48. The minimum Gasteiger partial charge on any atom is -0.309 e. The van der Waals surface area contributed by atoms with Gasteiger partial charge in [0, 0.05) is 22.1 Å². The van der Waals surface area contributed by atoms with Crippen molar-refractivity contribution in [2.75, 3.05) is 18.6 Å². The Hall–Kier alpha value is -0.390. The topological polar surface area (TPSA) is 46.2 Å². The van der Waals surface area contributed by atoms with Crippen LogP contribution < -0.4 is 5.32 Å². The molecular formula is C13H21NO2S2. The number of fused-ring (bicyclic) bond motifs is 1. The highest BCUT2D eigenvalue weighted by atomic mass is 32.2. The lowest BCUT2D eigenvalue weighted by molar-refractivity contribution is 0.536. The van der Waals surface area contributed by atoms with Gasteiger partial charge in [0.2, 0.25) is 0 Å². The van der Waals surface area contributed by atoms with E-state index in [1.165, 1.54) is 40.8 Å². The first-order valence-electron chi connectivity index (χ1n) is 6.52. The van der Waals surface area contributed by atoms with E-state index in [9.17, 15) is 8.42 Å². The van der Waals surface area contributed by atoms with Gasteiger partial charge in [0.1, 0.15) is 9.84 Å². The number of sulfone groups is 1. The molecule has 1 aliphatic carbocycles. The molecule has 5 heteroatoms. The zero-order valence-electron chi connectivity index (χ0n) is 11.0. The van der Waals surface area contributed by atoms with Crippen molar-refractivity contribution in [2.24, 2.45) is 0 Å². The number of aryl methyl sites for hydroxylation is 2. The van der Waals surface area contributed by atoms with Gasteiger partial charge < -0.3 is 5.32 Å². The molecule has 0 bridgehead atoms. The fourth-order valence-electron chi connectivity index (χ4n) is 2.45. The van der Waals surface area contributed by atoms with Gasteiger partial charge in [-0.2, -0.15) is 0 Å². The molecule has 0 aliphatic heterocycles. The van der Waals surface area contributed by atoms with Gasteiger partial charge in [0.05, 0.1) is 5.75 Å². The van der Waals surface area contributed by atoms with E-state index in [0.717, 1.165) is 6.54 Å². The lowest BCUT2D eigenvalue weighted by Gasteiger charge is -2.15. The smallest absolute Gasteiger partial charge is 0.147 e. The van der Waals surface area contributed by atoms with Crippen molar-refractivity contribution in [3.8, 4) is 0 Å². The maximum Gasteiger partial charge on any atom is 0.147 e. The van der Waals surface area contributed by atoms with Crippen molar-refractivity contribution >= 4 is 21.2 Å². The first-order chi connectivity index (χ1) is 8.49. The zero-order chi connectivity index (χ0) is 13.2. The van der Waals surface area contributed by atoms with Crippen molar-refractivity contribution < 1.29 is 8.42 Å². The molecule has 0 saturated heterocycles. The second-order valence-corrected chi connectivity index (χ2v) is 8.41. The van der Waals surface area contributed by atoms with Crippen LogP contribution in [0, 0.1) is 0 Å². The second-order valence-electron chi connectivity index (χ2n) is 4.98. The molecule has 102 valence electrons. The molecule has 3 nitrogen and oxygen atoms in total. The van der Waals surface area contributed by atoms with Gasteiger partial charge in [-0.05, 0) is 43.9 Å². The maximum atomic E-state index is 11.3. The molecule has 1 N–H and O–H groups in total. The Morgan fingerprint density at radius 2 is 2.22 bits per heavy atom. The monoisotopic (exact) mass is 287 g/mol. The summed E-state index contributed by atoms with van der Waals surface area (Å²) in [6.45, 7) is 2.94. The van der Waals surface area contributed by atoms with E-state index in [-0.39, 0.29) is 11.8 Å². The molecule has 1 aliphatic rings. The maximum absolute atomic E-state index is 11.3. The van der Waals surface area contributed by atoms with E-state index in [2.05, 4.69) is 18.3 Å². The van der Waals surface area contributed by atoms with Crippen molar-refractivity contribution in [1.29, 1.82) is 0 Å². The summed E-state index contributed by atoms with van der Waals surface area (Å²) >= 11 is 1.86. The molecule has 0 spiro atoms. The summed E-state index contributed by atoms with van der Waals surface area (Å²) in [7, 11) is -2.88. The highest BCUT2D eigenvalue weighted by molar-refractivity contribution is 7.90. The second kappa shape index (κ2) is 5.72. The fraction of sp³-hybridized carbons (Fsp3) is 0.692. The molecule has 0 aromatic carbocycles. The summed E-state index contributed by atoms with van der Waals surface area (Å²) in [5.74, 6) is 0.257. The number of thiophene rings is 1. The van der Waals surface area contributed by atoms with Gasteiger partial charge >= 0.3 is 0 Å². The van der Waals surface area contributed by atoms with Gasteiger partial charge in [-0.3, -0.25) is 0 Å².